The summed E-state index contributed by atoms with van der Waals surface area (Å²) in [7, 11) is 0. The summed E-state index contributed by atoms with van der Waals surface area (Å²) in [5.41, 5.74) is 2.46. The molecule has 2 aliphatic heterocycles. The Balaban J connectivity index is 1.41. The van der Waals surface area contributed by atoms with Crippen LogP contribution in [0.1, 0.15) is 29.7 Å². The van der Waals surface area contributed by atoms with Gasteiger partial charge in [-0.25, -0.2) is 9.48 Å². The number of nitrogens with zero attached hydrogens (tertiary/aromatic N) is 4. The second-order valence-electron chi connectivity index (χ2n) is 6.97. The molecule has 2 aromatic rings. The number of ether oxygens (including phenoxy) is 1. The number of fused-ring (bicyclic) bond motifs is 1. The average Bonchev–Trinajstić information content (AvgIpc) is 3.21. The fourth-order valence-corrected chi connectivity index (χ4v) is 3.51. The van der Waals surface area contributed by atoms with Crippen molar-refractivity contribution in [2.45, 2.75) is 38.5 Å². The zero-order valence-electron chi connectivity index (χ0n) is 15.1. The highest BCUT2D eigenvalue weighted by Crippen LogP contribution is 2.16. The molecule has 2 aliphatic rings. The van der Waals surface area contributed by atoms with E-state index in [1.807, 2.05) is 12.1 Å². The van der Waals surface area contributed by atoms with Crippen LogP contribution in [0.4, 0.5) is 4.79 Å². The first-order valence-corrected chi connectivity index (χ1v) is 9.32. The van der Waals surface area contributed by atoms with Gasteiger partial charge in [-0.2, -0.15) is 5.10 Å². The van der Waals surface area contributed by atoms with Crippen LogP contribution in [0.2, 0.25) is 0 Å². The minimum atomic E-state index is -0.167. The van der Waals surface area contributed by atoms with Gasteiger partial charge in [0.2, 0.25) is 0 Å². The number of pyridine rings is 1. The molecule has 0 spiro atoms. The predicted molar refractivity (Wildman–Crippen MR) is 98.3 cm³/mol. The number of amides is 2. The quantitative estimate of drug-likeness (QED) is 0.866. The molecule has 2 amide bonds. The standard InChI is InChI=1S/C19H23N5O3/c25-18-9-15-13-23(19(26)21-11-16-4-2-8-27-16)7-5-17(15)22-24(18)12-14-3-1-6-20-10-14/h1,3,6,9-10,16H,2,4-5,7-8,11-13H2,(H,21,26)/t16-/m1/s1. The van der Waals surface area contributed by atoms with Gasteiger partial charge in [0.1, 0.15) is 0 Å². The first kappa shape index (κ1) is 17.7. The summed E-state index contributed by atoms with van der Waals surface area (Å²) in [6.45, 7) is 2.69. The van der Waals surface area contributed by atoms with E-state index in [2.05, 4.69) is 15.4 Å². The van der Waals surface area contributed by atoms with Gasteiger partial charge in [0.25, 0.3) is 5.56 Å². The fraction of sp³-hybridized carbons (Fsp3) is 0.474. The van der Waals surface area contributed by atoms with Crippen molar-refractivity contribution in [3.63, 3.8) is 0 Å². The first-order valence-electron chi connectivity index (χ1n) is 9.32. The van der Waals surface area contributed by atoms with Crippen molar-refractivity contribution in [2.75, 3.05) is 19.7 Å². The van der Waals surface area contributed by atoms with Gasteiger partial charge in [0.15, 0.2) is 0 Å². The third-order valence-electron chi connectivity index (χ3n) is 4.99. The lowest BCUT2D eigenvalue weighted by molar-refractivity contribution is 0.108. The van der Waals surface area contributed by atoms with E-state index >= 15 is 0 Å². The zero-order chi connectivity index (χ0) is 18.6. The average molecular weight is 369 g/mol. The molecule has 4 rings (SSSR count). The highest BCUT2D eigenvalue weighted by molar-refractivity contribution is 5.74. The Bertz CT molecular complexity index is 861. The Hall–Kier alpha value is -2.74. The third kappa shape index (κ3) is 4.16. The molecule has 0 aliphatic carbocycles. The largest absolute Gasteiger partial charge is 0.376 e. The van der Waals surface area contributed by atoms with Gasteiger partial charge < -0.3 is 15.0 Å². The van der Waals surface area contributed by atoms with Crippen LogP contribution in [0.3, 0.4) is 0 Å². The molecule has 4 heterocycles. The minimum Gasteiger partial charge on any atom is -0.376 e. The molecule has 2 aromatic heterocycles. The number of rotatable bonds is 4. The molecule has 0 saturated carbocycles. The van der Waals surface area contributed by atoms with Crippen LogP contribution in [-0.2, 0) is 24.2 Å². The summed E-state index contributed by atoms with van der Waals surface area (Å²) >= 11 is 0. The molecule has 8 heteroatoms. The maximum atomic E-state index is 12.4. The van der Waals surface area contributed by atoms with E-state index in [9.17, 15) is 9.59 Å². The number of hydrogen-bond donors (Lipinski definition) is 1. The van der Waals surface area contributed by atoms with Crippen molar-refractivity contribution in [2.24, 2.45) is 0 Å². The number of carbonyl (C=O) groups is 1. The van der Waals surface area contributed by atoms with Gasteiger partial charge >= 0.3 is 6.03 Å². The van der Waals surface area contributed by atoms with Gasteiger partial charge in [0.05, 0.1) is 18.3 Å². The van der Waals surface area contributed by atoms with Crippen LogP contribution in [0.15, 0.2) is 35.4 Å². The van der Waals surface area contributed by atoms with Crippen LogP contribution in [0.5, 0.6) is 0 Å². The second-order valence-corrected chi connectivity index (χ2v) is 6.97. The van der Waals surface area contributed by atoms with E-state index in [-0.39, 0.29) is 17.7 Å². The van der Waals surface area contributed by atoms with E-state index < -0.39 is 0 Å². The van der Waals surface area contributed by atoms with Crippen molar-refractivity contribution >= 4 is 6.03 Å². The maximum Gasteiger partial charge on any atom is 0.317 e. The van der Waals surface area contributed by atoms with Crippen molar-refractivity contribution in [1.82, 2.24) is 25.0 Å². The van der Waals surface area contributed by atoms with Crippen LogP contribution in [0, 0.1) is 0 Å². The highest BCUT2D eigenvalue weighted by Gasteiger charge is 2.24. The number of urea groups is 1. The summed E-state index contributed by atoms with van der Waals surface area (Å²) in [6, 6.07) is 5.24. The minimum absolute atomic E-state index is 0.115. The number of carbonyl (C=O) groups excluding carboxylic acids is 1. The Kier molecular flexibility index (Phi) is 5.15. The molecule has 142 valence electrons. The first-order chi connectivity index (χ1) is 13.2. The monoisotopic (exact) mass is 369 g/mol. The third-order valence-corrected chi connectivity index (χ3v) is 4.99. The summed E-state index contributed by atoms with van der Waals surface area (Å²) in [4.78, 5) is 30.6. The molecular formula is C19H23N5O3. The SMILES string of the molecule is O=C(NC[C@H]1CCCO1)N1CCc2nn(Cc3cccnc3)c(=O)cc2C1. The lowest BCUT2D eigenvalue weighted by Gasteiger charge is -2.29. The smallest absolute Gasteiger partial charge is 0.317 e. The van der Waals surface area contributed by atoms with E-state index in [0.29, 0.717) is 32.6 Å². The van der Waals surface area contributed by atoms with Crippen LogP contribution in [-0.4, -0.2) is 51.5 Å². The Morgan fingerprint density at radius 2 is 2.33 bits per heavy atom. The van der Waals surface area contributed by atoms with Crippen LogP contribution >= 0.6 is 0 Å². The van der Waals surface area contributed by atoms with Gasteiger partial charge in [-0.15, -0.1) is 0 Å². The molecule has 1 saturated heterocycles. The van der Waals surface area contributed by atoms with Crippen molar-refractivity contribution in [3.05, 3.63) is 57.8 Å². The maximum absolute atomic E-state index is 12.4. The molecule has 0 radical (unpaired) electrons. The van der Waals surface area contributed by atoms with Gasteiger partial charge in [-0.05, 0) is 24.5 Å². The number of hydrogen-bond acceptors (Lipinski definition) is 5. The van der Waals surface area contributed by atoms with Crippen molar-refractivity contribution in [1.29, 1.82) is 0 Å². The molecule has 0 unspecified atom stereocenters. The molecule has 8 nitrogen and oxygen atoms in total. The summed E-state index contributed by atoms with van der Waals surface area (Å²) in [5.74, 6) is 0. The van der Waals surface area contributed by atoms with E-state index in [1.165, 1.54) is 4.68 Å². The zero-order valence-corrected chi connectivity index (χ0v) is 15.1. The van der Waals surface area contributed by atoms with Crippen LogP contribution in [0.25, 0.3) is 0 Å². The molecule has 1 N–H and O–H groups in total. The molecule has 0 aromatic carbocycles. The summed E-state index contributed by atoms with van der Waals surface area (Å²) in [6.07, 6.45) is 6.22. The van der Waals surface area contributed by atoms with Crippen molar-refractivity contribution < 1.29 is 9.53 Å². The van der Waals surface area contributed by atoms with Gasteiger partial charge in [-0.3, -0.25) is 9.78 Å². The van der Waals surface area contributed by atoms with E-state index in [4.69, 9.17) is 4.74 Å². The van der Waals surface area contributed by atoms with E-state index in [0.717, 1.165) is 36.3 Å². The molecule has 27 heavy (non-hydrogen) atoms. The van der Waals surface area contributed by atoms with Gasteiger partial charge in [0, 0.05) is 56.7 Å². The number of aromatic nitrogens is 3. The Morgan fingerprint density at radius 1 is 1.41 bits per heavy atom. The normalized spacial score (nSPS) is 19.0. The Labute approximate surface area is 157 Å². The fourth-order valence-electron chi connectivity index (χ4n) is 3.51. The van der Waals surface area contributed by atoms with Crippen molar-refractivity contribution in [3.8, 4) is 0 Å². The summed E-state index contributed by atoms with van der Waals surface area (Å²) < 4.78 is 6.99. The topological polar surface area (TPSA) is 89.3 Å². The Morgan fingerprint density at radius 3 is 3.11 bits per heavy atom. The predicted octanol–water partition coefficient (Wildman–Crippen LogP) is 0.933. The lowest BCUT2D eigenvalue weighted by atomic mass is 10.1. The second kappa shape index (κ2) is 7.87. The van der Waals surface area contributed by atoms with Gasteiger partial charge in [-0.1, -0.05) is 6.07 Å². The van der Waals surface area contributed by atoms with E-state index in [1.54, 1.807) is 23.4 Å². The van der Waals surface area contributed by atoms with Crippen LogP contribution < -0.4 is 10.9 Å². The summed E-state index contributed by atoms with van der Waals surface area (Å²) in [5, 5.41) is 7.44. The highest BCUT2D eigenvalue weighted by atomic mass is 16.5. The number of nitrogens with one attached hydrogen (secondary N) is 1. The lowest BCUT2D eigenvalue weighted by Crippen LogP contribution is -2.45. The molecule has 0 bridgehead atoms. The molecule has 1 fully saturated rings. The molecule has 1 atom stereocenters. The molecular weight excluding hydrogens is 346 g/mol.